The van der Waals surface area contributed by atoms with Crippen molar-refractivity contribution < 1.29 is 23.1 Å². The molecule has 26 heavy (non-hydrogen) atoms. The van der Waals surface area contributed by atoms with Crippen LogP contribution in [-0.4, -0.2) is 59.5 Å². The van der Waals surface area contributed by atoms with Gasteiger partial charge in [0, 0.05) is 32.0 Å². The smallest absolute Gasteiger partial charge is 0.410 e. The van der Waals surface area contributed by atoms with Gasteiger partial charge in [0.25, 0.3) is 0 Å². The molecule has 1 saturated carbocycles. The number of unbranched alkanes of at least 4 members (excludes halogenated alkanes) is 1. The highest BCUT2D eigenvalue weighted by Crippen LogP contribution is 2.35. The van der Waals surface area contributed by atoms with Crippen LogP contribution >= 0.6 is 0 Å². The molecule has 1 atom stereocenters. The van der Waals surface area contributed by atoms with E-state index in [0.29, 0.717) is 26.1 Å². The van der Waals surface area contributed by atoms with Crippen molar-refractivity contribution in [3.05, 3.63) is 12.7 Å². The first-order chi connectivity index (χ1) is 12.4. The maximum Gasteiger partial charge on any atom is 0.410 e. The van der Waals surface area contributed by atoms with Crippen molar-refractivity contribution in [2.75, 3.05) is 19.7 Å². The van der Waals surface area contributed by atoms with Gasteiger partial charge in [0.15, 0.2) is 0 Å². The van der Waals surface area contributed by atoms with Crippen LogP contribution < -0.4 is 0 Å². The third-order valence-electron chi connectivity index (χ3n) is 5.23. The molecular formula is C19H30F2N2O3. The molecule has 148 valence electrons. The standard InChI is InChI=1S/C19H30F2N2O3/c1-3-5-14-26-18(25)23-13-6-7-16(23)17(24)22(12-4-2)15-8-10-19(20,21)11-9-15/h4,15-16H,2-3,5-14H2,1H3/t16-/m0/s1. The van der Waals surface area contributed by atoms with Gasteiger partial charge in [-0.05, 0) is 32.1 Å². The van der Waals surface area contributed by atoms with E-state index in [4.69, 9.17) is 4.74 Å². The summed E-state index contributed by atoms with van der Waals surface area (Å²) in [7, 11) is 0. The summed E-state index contributed by atoms with van der Waals surface area (Å²) in [5.41, 5.74) is 0. The number of rotatable bonds is 7. The van der Waals surface area contributed by atoms with E-state index in [9.17, 15) is 18.4 Å². The van der Waals surface area contributed by atoms with Crippen LogP contribution in [0.1, 0.15) is 58.3 Å². The second-order valence-corrected chi connectivity index (χ2v) is 7.19. The summed E-state index contributed by atoms with van der Waals surface area (Å²) in [6.45, 7) is 6.85. The highest BCUT2D eigenvalue weighted by Gasteiger charge is 2.42. The molecule has 2 amide bonds. The second kappa shape index (κ2) is 9.33. The van der Waals surface area contributed by atoms with Gasteiger partial charge in [0.2, 0.25) is 11.8 Å². The lowest BCUT2D eigenvalue weighted by Gasteiger charge is -2.38. The Labute approximate surface area is 154 Å². The molecule has 2 fully saturated rings. The van der Waals surface area contributed by atoms with Crippen molar-refractivity contribution in [2.45, 2.75) is 76.3 Å². The predicted molar refractivity (Wildman–Crippen MR) is 95.1 cm³/mol. The van der Waals surface area contributed by atoms with E-state index >= 15 is 0 Å². The van der Waals surface area contributed by atoms with Crippen LogP contribution in [0.5, 0.6) is 0 Å². The Morgan fingerprint density at radius 3 is 2.62 bits per heavy atom. The monoisotopic (exact) mass is 372 g/mol. The zero-order valence-electron chi connectivity index (χ0n) is 15.6. The summed E-state index contributed by atoms with van der Waals surface area (Å²) in [4.78, 5) is 28.5. The van der Waals surface area contributed by atoms with Crippen molar-refractivity contribution >= 4 is 12.0 Å². The minimum atomic E-state index is -2.64. The van der Waals surface area contributed by atoms with E-state index in [1.807, 2.05) is 6.92 Å². The molecule has 7 heteroatoms. The molecule has 0 aromatic rings. The first kappa shape index (κ1) is 20.6. The topological polar surface area (TPSA) is 49.9 Å². The normalized spacial score (nSPS) is 22.9. The van der Waals surface area contributed by atoms with Crippen LogP contribution in [0, 0.1) is 0 Å². The fourth-order valence-electron chi connectivity index (χ4n) is 3.71. The van der Waals surface area contributed by atoms with Gasteiger partial charge in [-0.2, -0.15) is 0 Å². The van der Waals surface area contributed by atoms with Crippen LogP contribution in [0.25, 0.3) is 0 Å². The highest BCUT2D eigenvalue weighted by atomic mass is 19.3. The minimum absolute atomic E-state index is 0.176. The second-order valence-electron chi connectivity index (χ2n) is 7.19. The first-order valence-corrected chi connectivity index (χ1v) is 9.62. The van der Waals surface area contributed by atoms with Crippen LogP contribution in [0.2, 0.25) is 0 Å². The highest BCUT2D eigenvalue weighted by molar-refractivity contribution is 5.86. The van der Waals surface area contributed by atoms with Gasteiger partial charge >= 0.3 is 6.09 Å². The Hall–Kier alpha value is -1.66. The predicted octanol–water partition coefficient (Wildman–Crippen LogP) is 3.98. The molecule has 0 spiro atoms. The van der Waals surface area contributed by atoms with Crippen molar-refractivity contribution in [1.82, 2.24) is 9.80 Å². The third-order valence-corrected chi connectivity index (χ3v) is 5.23. The molecule has 1 aliphatic heterocycles. The molecule has 0 aromatic carbocycles. The van der Waals surface area contributed by atoms with E-state index in [1.54, 1.807) is 11.0 Å². The fourth-order valence-corrected chi connectivity index (χ4v) is 3.71. The molecular weight excluding hydrogens is 342 g/mol. The van der Waals surface area contributed by atoms with Gasteiger partial charge in [0.1, 0.15) is 6.04 Å². The maximum absolute atomic E-state index is 13.5. The largest absolute Gasteiger partial charge is 0.449 e. The Kier molecular flexibility index (Phi) is 7.41. The number of carbonyl (C=O) groups excluding carboxylic acids is 2. The molecule has 1 aliphatic carbocycles. The molecule has 2 aliphatic rings. The van der Waals surface area contributed by atoms with E-state index in [1.165, 1.54) is 4.90 Å². The minimum Gasteiger partial charge on any atom is -0.449 e. The van der Waals surface area contributed by atoms with Gasteiger partial charge in [-0.3, -0.25) is 9.69 Å². The summed E-state index contributed by atoms with van der Waals surface area (Å²) in [5.74, 6) is -2.81. The van der Waals surface area contributed by atoms with Crippen molar-refractivity contribution in [1.29, 1.82) is 0 Å². The zero-order valence-corrected chi connectivity index (χ0v) is 15.6. The number of amides is 2. The molecule has 0 aromatic heterocycles. The summed E-state index contributed by atoms with van der Waals surface area (Å²) in [6.07, 6.45) is 4.35. The number of hydrogen-bond donors (Lipinski definition) is 0. The quantitative estimate of drug-likeness (QED) is 0.502. The number of alkyl halides is 2. The molecule has 0 N–H and O–H groups in total. The molecule has 2 rings (SSSR count). The van der Waals surface area contributed by atoms with Crippen LogP contribution in [0.4, 0.5) is 13.6 Å². The van der Waals surface area contributed by atoms with Crippen molar-refractivity contribution in [3.63, 3.8) is 0 Å². The molecule has 0 radical (unpaired) electrons. The van der Waals surface area contributed by atoms with Crippen LogP contribution in [0.15, 0.2) is 12.7 Å². The van der Waals surface area contributed by atoms with E-state index in [0.717, 1.165) is 19.3 Å². The van der Waals surface area contributed by atoms with Gasteiger partial charge in [0.05, 0.1) is 6.61 Å². The van der Waals surface area contributed by atoms with E-state index in [-0.39, 0.29) is 37.6 Å². The summed E-state index contributed by atoms with van der Waals surface area (Å²) < 4.78 is 32.2. The number of hydrogen-bond acceptors (Lipinski definition) is 3. The molecule has 1 heterocycles. The number of likely N-dealkylation sites (tertiary alicyclic amines) is 1. The Bertz CT molecular complexity index is 503. The van der Waals surface area contributed by atoms with Crippen molar-refractivity contribution in [2.24, 2.45) is 0 Å². The average molecular weight is 372 g/mol. The molecule has 0 unspecified atom stereocenters. The van der Waals surface area contributed by atoms with E-state index < -0.39 is 18.1 Å². The maximum atomic E-state index is 13.5. The molecule has 0 bridgehead atoms. The number of nitrogens with zero attached hydrogens (tertiary/aromatic N) is 2. The van der Waals surface area contributed by atoms with Crippen molar-refractivity contribution in [3.8, 4) is 0 Å². The zero-order chi connectivity index (χ0) is 19.2. The van der Waals surface area contributed by atoms with Gasteiger partial charge in [-0.25, -0.2) is 13.6 Å². The number of carbonyl (C=O) groups is 2. The lowest BCUT2D eigenvalue weighted by molar-refractivity contribution is -0.140. The average Bonchev–Trinajstić information content (AvgIpc) is 3.09. The fraction of sp³-hybridized carbons (Fsp3) is 0.789. The first-order valence-electron chi connectivity index (χ1n) is 9.62. The van der Waals surface area contributed by atoms with Gasteiger partial charge in [-0.1, -0.05) is 19.4 Å². The lowest BCUT2D eigenvalue weighted by Crippen LogP contribution is -2.52. The lowest BCUT2D eigenvalue weighted by atomic mass is 9.90. The van der Waals surface area contributed by atoms with E-state index in [2.05, 4.69) is 6.58 Å². The molecule has 5 nitrogen and oxygen atoms in total. The summed E-state index contributed by atoms with van der Waals surface area (Å²) in [5, 5.41) is 0. The van der Waals surface area contributed by atoms with Gasteiger partial charge < -0.3 is 9.64 Å². The Morgan fingerprint density at radius 2 is 2.00 bits per heavy atom. The Balaban J connectivity index is 2.02. The van der Waals surface area contributed by atoms with Crippen LogP contribution in [-0.2, 0) is 9.53 Å². The number of ether oxygens (including phenoxy) is 1. The van der Waals surface area contributed by atoms with Gasteiger partial charge in [-0.15, -0.1) is 6.58 Å². The van der Waals surface area contributed by atoms with Crippen LogP contribution in [0.3, 0.4) is 0 Å². The Morgan fingerprint density at radius 1 is 1.31 bits per heavy atom. The third kappa shape index (κ3) is 5.17. The summed E-state index contributed by atoms with van der Waals surface area (Å²) >= 11 is 0. The number of halogens is 2. The SMILES string of the molecule is C=CCN(C(=O)[C@@H]1CCCN1C(=O)OCCCC)C1CCC(F)(F)CC1. The summed E-state index contributed by atoms with van der Waals surface area (Å²) in [6, 6.07) is -0.787. The molecule has 1 saturated heterocycles.